The molecule has 2 aromatic carbocycles. The number of halogens is 3. The van der Waals surface area contributed by atoms with Gasteiger partial charge in [-0.3, -0.25) is 4.90 Å². The van der Waals surface area contributed by atoms with Crippen LogP contribution < -0.4 is 14.8 Å². The fourth-order valence-corrected chi connectivity index (χ4v) is 4.45. The van der Waals surface area contributed by atoms with Crippen molar-refractivity contribution < 1.29 is 9.47 Å². The Balaban J connectivity index is 1.64. The van der Waals surface area contributed by atoms with Crippen LogP contribution in [0.1, 0.15) is 30.9 Å². The summed E-state index contributed by atoms with van der Waals surface area (Å²) < 4.78 is 11.4. The first-order chi connectivity index (χ1) is 14.0. The van der Waals surface area contributed by atoms with Crippen LogP contribution in [0.25, 0.3) is 0 Å². The zero-order chi connectivity index (χ0) is 20.8. The Bertz CT molecular complexity index is 812. The van der Waals surface area contributed by atoms with Crippen LogP contribution in [0, 0.1) is 0 Å². The summed E-state index contributed by atoms with van der Waals surface area (Å²) in [5.74, 6) is 1.19. The van der Waals surface area contributed by atoms with Gasteiger partial charge in [-0.2, -0.15) is 0 Å². The summed E-state index contributed by atoms with van der Waals surface area (Å²) >= 11 is 19.0. The lowest BCUT2D eigenvalue weighted by Gasteiger charge is -2.23. The standard InChI is InChI=1S/C22H27Cl3N2O2/c1-3-27-9-5-6-16(27)13-26-12-15-10-21(28-2)22(11-20(15)25)29-14-17-18(23)7-4-8-19(17)24/h4,7-8,10-11,16,26H,3,5-6,9,12-14H2,1-2H3. The molecule has 1 saturated heterocycles. The van der Waals surface area contributed by atoms with E-state index in [-0.39, 0.29) is 6.61 Å². The number of rotatable bonds is 9. The summed E-state index contributed by atoms with van der Waals surface area (Å²) in [4.78, 5) is 2.52. The Morgan fingerprint density at radius 3 is 2.55 bits per heavy atom. The molecule has 7 heteroatoms. The van der Waals surface area contributed by atoms with E-state index in [1.807, 2.05) is 6.07 Å². The molecular formula is C22H27Cl3N2O2. The second-order valence-electron chi connectivity index (χ2n) is 7.14. The summed E-state index contributed by atoms with van der Waals surface area (Å²) in [6, 6.07) is 9.69. The van der Waals surface area contributed by atoms with Crippen molar-refractivity contribution in [2.24, 2.45) is 0 Å². The molecule has 158 valence electrons. The SMILES string of the molecule is CCN1CCCC1CNCc1cc(OC)c(OCc2c(Cl)cccc2Cl)cc1Cl. The van der Waals surface area contributed by atoms with Crippen LogP contribution in [0.4, 0.5) is 0 Å². The summed E-state index contributed by atoms with van der Waals surface area (Å²) in [6.45, 7) is 6.38. The average Bonchev–Trinajstić information content (AvgIpc) is 3.16. The molecular weight excluding hydrogens is 431 g/mol. The van der Waals surface area contributed by atoms with E-state index in [0.717, 1.165) is 24.2 Å². The first kappa shape index (κ1) is 22.5. The normalized spacial score (nSPS) is 16.9. The molecule has 1 atom stereocenters. The largest absolute Gasteiger partial charge is 0.493 e. The van der Waals surface area contributed by atoms with Gasteiger partial charge in [-0.1, -0.05) is 47.8 Å². The molecule has 0 aromatic heterocycles. The van der Waals surface area contributed by atoms with E-state index >= 15 is 0 Å². The maximum Gasteiger partial charge on any atom is 0.163 e. The number of likely N-dealkylation sites (N-methyl/N-ethyl adjacent to an activating group) is 1. The highest BCUT2D eigenvalue weighted by Gasteiger charge is 2.22. The van der Waals surface area contributed by atoms with Gasteiger partial charge in [0.25, 0.3) is 0 Å². The second kappa shape index (κ2) is 10.7. The third-order valence-corrected chi connectivity index (χ3v) is 6.43. The number of methoxy groups -OCH3 is 1. The Morgan fingerprint density at radius 1 is 1.10 bits per heavy atom. The molecule has 1 heterocycles. The molecule has 0 bridgehead atoms. The molecule has 0 aliphatic carbocycles. The quantitative estimate of drug-likeness (QED) is 0.515. The summed E-state index contributed by atoms with van der Waals surface area (Å²) in [5, 5.41) is 5.30. The smallest absolute Gasteiger partial charge is 0.163 e. The Labute approximate surface area is 188 Å². The topological polar surface area (TPSA) is 33.7 Å². The molecule has 2 aromatic rings. The monoisotopic (exact) mass is 456 g/mol. The average molecular weight is 458 g/mol. The third-order valence-electron chi connectivity index (χ3n) is 5.37. The zero-order valence-electron chi connectivity index (χ0n) is 16.8. The van der Waals surface area contributed by atoms with E-state index in [1.165, 1.54) is 19.4 Å². The van der Waals surface area contributed by atoms with Gasteiger partial charge in [-0.25, -0.2) is 0 Å². The van der Waals surface area contributed by atoms with Crippen molar-refractivity contribution in [2.75, 3.05) is 26.7 Å². The second-order valence-corrected chi connectivity index (χ2v) is 8.36. The van der Waals surface area contributed by atoms with Gasteiger partial charge in [-0.05, 0) is 49.7 Å². The van der Waals surface area contributed by atoms with Crippen molar-refractivity contribution in [3.05, 3.63) is 56.5 Å². The first-order valence-electron chi connectivity index (χ1n) is 9.90. The van der Waals surface area contributed by atoms with E-state index in [2.05, 4.69) is 17.1 Å². The van der Waals surface area contributed by atoms with Crippen LogP contribution in [0.3, 0.4) is 0 Å². The lowest BCUT2D eigenvalue weighted by Crippen LogP contribution is -2.37. The maximum atomic E-state index is 6.52. The molecule has 1 N–H and O–H groups in total. The third kappa shape index (κ3) is 5.71. The molecule has 1 fully saturated rings. The number of benzene rings is 2. The van der Waals surface area contributed by atoms with Crippen molar-refractivity contribution in [2.45, 2.75) is 39.0 Å². The van der Waals surface area contributed by atoms with Gasteiger partial charge in [0.15, 0.2) is 11.5 Å². The van der Waals surface area contributed by atoms with E-state index < -0.39 is 0 Å². The van der Waals surface area contributed by atoms with Crippen molar-refractivity contribution >= 4 is 34.8 Å². The molecule has 1 aliphatic heterocycles. The molecule has 4 nitrogen and oxygen atoms in total. The summed E-state index contributed by atoms with van der Waals surface area (Å²) in [7, 11) is 1.62. The minimum atomic E-state index is 0.233. The van der Waals surface area contributed by atoms with Crippen molar-refractivity contribution in [3.63, 3.8) is 0 Å². The molecule has 0 saturated carbocycles. The minimum absolute atomic E-state index is 0.233. The van der Waals surface area contributed by atoms with Gasteiger partial charge in [0.05, 0.1) is 7.11 Å². The zero-order valence-corrected chi connectivity index (χ0v) is 19.1. The molecule has 0 spiro atoms. The van der Waals surface area contributed by atoms with Crippen LogP contribution in [0.15, 0.2) is 30.3 Å². The van der Waals surface area contributed by atoms with Gasteiger partial charge in [0, 0.05) is 45.8 Å². The van der Waals surface area contributed by atoms with Crippen molar-refractivity contribution in [1.29, 1.82) is 0 Å². The first-order valence-corrected chi connectivity index (χ1v) is 11.0. The van der Waals surface area contributed by atoms with Crippen LogP contribution in [-0.2, 0) is 13.2 Å². The predicted molar refractivity (Wildman–Crippen MR) is 121 cm³/mol. The lowest BCUT2D eigenvalue weighted by atomic mass is 10.1. The van der Waals surface area contributed by atoms with E-state index in [1.54, 1.807) is 31.4 Å². The van der Waals surface area contributed by atoms with Crippen LogP contribution in [0.5, 0.6) is 11.5 Å². The van der Waals surface area contributed by atoms with Gasteiger partial charge in [0.1, 0.15) is 6.61 Å². The lowest BCUT2D eigenvalue weighted by molar-refractivity contribution is 0.260. The predicted octanol–water partition coefficient (Wildman–Crippen LogP) is 5.81. The maximum absolute atomic E-state index is 6.52. The fraction of sp³-hybridized carbons (Fsp3) is 0.455. The Hall–Kier alpha value is -1.17. The fourth-order valence-electron chi connectivity index (χ4n) is 3.72. The molecule has 0 amide bonds. The van der Waals surface area contributed by atoms with Gasteiger partial charge in [-0.15, -0.1) is 0 Å². The number of hydrogen-bond donors (Lipinski definition) is 1. The summed E-state index contributed by atoms with van der Waals surface area (Å²) in [5.41, 5.74) is 1.71. The van der Waals surface area contributed by atoms with Crippen molar-refractivity contribution in [3.8, 4) is 11.5 Å². The number of ether oxygens (including phenoxy) is 2. The van der Waals surface area contributed by atoms with Gasteiger partial charge >= 0.3 is 0 Å². The number of likely N-dealkylation sites (tertiary alicyclic amines) is 1. The molecule has 0 radical (unpaired) electrons. The van der Waals surface area contributed by atoms with Crippen molar-refractivity contribution in [1.82, 2.24) is 10.2 Å². The van der Waals surface area contributed by atoms with Gasteiger partial charge < -0.3 is 14.8 Å². The molecule has 3 rings (SSSR count). The van der Waals surface area contributed by atoms with E-state index in [4.69, 9.17) is 44.3 Å². The number of nitrogens with one attached hydrogen (secondary N) is 1. The van der Waals surface area contributed by atoms with E-state index in [9.17, 15) is 0 Å². The van der Waals surface area contributed by atoms with Crippen LogP contribution in [0.2, 0.25) is 15.1 Å². The highest BCUT2D eigenvalue weighted by Crippen LogP contribution is 2.35. The van der Waals surface area contributed by atoms with Crippen LogP contribution >= 0.6 is 34.8 Å². The number of nitrogens with zero attached hydrogens (tertiary/aromatic N) is 1. The minimum Gasteiger partial charge on any atom is -0.493 e. The molecule has 1 unspecified atom stereocenters. The molecule has 29 heavy (non-hydrogen) atoms. The Morgan fingerprint density at radius 2 is 1.86 bits per heavy atom. The Kier molecular flexibility index (Phi) is 8.34. The highest BCUT2D eigenvalue weighted by molar-refractivity contribution is 6.36. The van der Waals surface area contributed by atoms with Gasteiger partial charge in [0.2, 0.25) is 0 Å². The number of hydrogen-bond acceptors (Lipinski definition) is 4. The highest BCUT2D eigenvalue weighted by atomic mass is 35.5. The van der Waals surface area contributed by atoms with E-state index in [0.29, 0.717) is 39.2 Å². The summed E-state index contributed by atoms with van der Waals surface area (Å²) in [6.07, 6.45) is 2.52. The molecule has 1 aliphatic rings. The van der Waals surface area contributed by atoms with Crippen LogP contribution in [-0.4, -0.2) is 37.7 Å².